The molecule has 80 valence electrons. The monoisotopic (exact) mass is 217 g/mol. The maximum Gasteiger partial charge on any atom is 0.330 e. The van der Waals surface area contributed by atoms with Crippen LogP contribution in [-0.2, 0) is 4.57 Å². The van der Waals surface area contributed by atoms with Crippen LogP contribution in [0.3, 0.4) is 0 Å². The van der Waals surface area contributed by atoms with Crippen molar-refractivity contribution in [2.45, 2.75) is 31.5 Å². The lowest BCUT2D eigenvalue weighted by atomic mass is 9.87. The molecular formula is C9H16NO3P. The van der Waals surface area contributed by atoms with Crippen LogP contribution in [0.15, 0.2) is 23.8 Å². The Bertz CT molecular complexity index is 331. The van der Waals surface area contributed by atoms with E-state index in [1.807, 2.05) is 13.0 Å². The van der Waals surface area contributed by atoms with Crippen molar-refractivity contribution < 1.29 is 14.4 Å². The average Bonchev–Trinajstić information content (AvgIpc) is 2.08. The minimum absolute atomic E-state index is 0.474. The molecule has 0 aromatic heterocycles. The highest BCUT2D eigenvalue weighted by atomic mass is 31.2. The van der Waals surface area contributed by atoms with Gasteiger partial charge in [-0.05, 0) is 20.3 Å². The van der Waals surface area contributed by atoms with Crippen LogP contribution >= 0.6 is 7.60 Å². The van der Waals surface area contributed by atoms with E-state index in [4.69, 9.17) is 15.5 Å². The predicted molar refractivity (Wildman–Crippen MR) is 55.9 cm³/mol. The summed E-state index contributed by atoms with van der Waals surface area (Å²) in [6, 6.07) is 0. The van der Waals surface area contributed by atoms with Gasteiger partial charge in [0.1, 0.15) is 0 Å². The highest BCUT2D eigenvalue weighted by molar-refractivity contribution is 7.52. The van der Waals surface area contributed by atoms with Crippen molar-refractivity contribution in [3.05, 3.63) is 23.8 Å². The molecule has 2 unspecified atom stereocenters. The summed E-state index contributed by atoms with van der Waals surface area (Å²) in [6.45, 7) is 3.41. The second kappa shape index (κ2) is 3.63. The van der Waals surface area contributed by atoms with E-state index in [2.05, 4.69) is 0 Å². The van der Waals surface area contributed by atoms with Gasteiger partial charge in [-0.15, -0.1) is 0 Å². The molecule has 0 aromatic carbocycles. The molecule has 0 saturated heterocycles. The highest BCUT2D eigenvalue weighted by Gasteiger charge is 2.40. The second-order valence-electron chi connectivity index (χ2n) is 3.86. The van der Waals surface area contributed by atoms with Gasteiger partial charge in [-0.2, -0.15) is 0 Å². The summed E-state index contributed by atoms with van der Waals surface area (Å²) < 4.78 is 11.1. The Balaban J connectivity index is 2.90. The maximum atomic E-state index is 11.1. The van der Waals surface area contributed by atoms with E-state index in [1.54, 1.807) is 12.2 Å². The van der Waals surface area contributed by atoms with E-state index in [0.717, 1.165) is 5.57 Å². The molecule has 0 bridgehead atoms. The Morgan fingerprint density at radius 1 is 1.64 bits per heavy atom. The molecule has 2 atom stereocenters. The van der Waals surface area contributed by atoms with Crippen LogP contribution in [0.4, 0.5) is 0 Å². The SMILES string of the molecule is CC1=CCC(N)(C(C)P(=O)(O)O)C=C1. The quantitative estimate of drug-likeness (QED) is 0.606. The first-order chi connectivity index (χ1) is 6.26. The minimum atomic E-state index is -4.12. The summed E-state index contributed by atoms with van der Waals surface area (Å²) in [7, 11) is -4.12. The first kappa shape index (κ1) is 11.7. The van der Waals surface area contributed by atoms with E-state index in [-0.39, 0.29) is 0 Å². The van der Waals surface area contributed by atoms with Crippen LogP contribution in [0.5, 0.6) is 0 Å². The summed E-state index contributed by atoms with van der Waals surface area (Å²) in [5.41, 5.74) is 5.23. The lowest BCUT2D eigenvalue weighted by Crippen LogP contribution is -2.47. The molecule has 0 amide bonds. The molecule has 0 aliphatic heterocycles. The van der Waals surface area contributed by atoms with Gasteiger partial charge in [-0.1, -0.05) is 23.8 Å². The second-order valence-corrected chi connectivity index (χ2v) is 5.82. The zero-order valence-electron chi connectivity index (χ0n) is 8.34. The normalized spacial score (nSPS) is 29.9. The number of allylic oxidation sites excluding steroid dienone is 2. The third-order valence-corrected chi connectivity index (χ3v) is 4.21. The summed E-state index contributed by atoms with van der Waals surface area (Å²) in [6.07, 6.45) is 5.86. The van der Waals surface area contributed by atoms with Gasteiger partial charge in [0.2, 0.25) is 0 Å². The van der Waals surface area contributed by atoms with Gasteiger partial charge >= 0.3 is 7.60 Å². The number of hydrogen-bond acceptors (Lipinski definition) is 2. The largest absolute Gasteiger partial charge is 0.330 e. The zero-order chi connectivity index (χ0) is 11.0. The predicted octanol–water partition coefficient (Wildman–Crippen LogP) is 1.16. The molecule has 0 heterocycles. The molecule has 14 heavy (non-hydrogen) atoms. The Labute approximate surface area is 83.7 Å². The van der Waals surface area contributed by atoms with Gasteiger partial charge in [0.25, 0.3) is 0 Å². The summed E-state index contributed by atoms with van der Waals surface area (Å²) in [5, 5.41) is 0. The Morgan fingerprint density at radius 3 is 2.57 bits per heavy atom. The fourth-order valence-electron chi connectivity index (χ4n) is 1.38. The average molecular weight is 217 g/mol. The number of rotatable bonds is 2. The van der Waals surface area contributed by atoms with Crippen molar-refractivity contribution in [1.82, 2.24) is 0 Å². The van der Waals surface area contributed by atoms with E-state index >= 15 is 0 Å². The van der Waals surface area contributed by atoms with Gasteiger partial charge in [0, 0.05) is 0 Å². The first-order valence-corrected chi connectivity index (χ1v) is 6.14. The Kier molecular flexibility index (Phi) is 3.02. The molecule has 0 saturated carbocycles. The van der Waals surface area contributed by atoms with Gasteiger partial charge in [-0.25, -0.2) is 0 Å². The molecule has 0 radical (unpaired) electrons. The molecule has 1 rings (SSSR count). The van der Waals surface area contributed by atoms with Crippen LogP contribution in [-0.4, -0.2) is 21.0 Å². The van der Waals surface area contributed by atoms with E-state index in [0.29, 0.717) is 6.42 Å². The molecule has 4 N–H and O–H groups in total. The van der Waals surface area contributed by atoms with E-state index in [9.17, 15) is 4.57 Å². The number of nitrogens with two attached hydrogens (primary N) is 1. The van der Waals surface area contributed by atoms with Crippen molar-refractivity contribution in [2.75, 3.05) is 0 Å². The summed E-state index contributed by atoms with van der Waals surface area (Å²) in [4.78, 5) is 18.1. The fourth-order valence-corrected chi connectivity index (χ4v) is 2.20. The molecule has 5 heteroatoms. The third-order valence-electron chi connectivity index (χ3n) is 2.72. The zero-order valence-corrected chi connectivity index (χ0v) is 9.24. The topological polar surface area (TPSA) is 83.6 Å². The third kappa shape index (κ3) is 2.34. The first-order valence-electron chi connectivity index (χ1n) is 4.46. The Hall–Kier alpha value is -0.410. The fraction of sp³-hybridized carbons (Fsp3) is 0.556. The van der Waals surface area contributed by atoms with E-state index < -0.39 is 18.8 Å². The van der Waals surface area contributed by atoms with Gasteiger partial charge in [0.15, 0.2) is 0 Å². The minimum Gasteiger partial charge on any atom is -0.324 e. The van der Waals surface area contributed by atoms with Gasteiger partial charge in [0.05, 0.1) is 11.2 Å². The van der Waals surface area contributed by atoms with Crippen LogP contribution in [0.1, 0.15) is 20.3 Å². The maximum absolute atomic E-state index is 11.1. The van der Waals surface area contributed by atoms with Crippen molar-refractivity contribution in [1.29, 1.82) is 0 Å². The molecule has 0 aromatic rings. The van der Waals surface area contributed by atoms with Gasteiger partial charge in [-0.3, -0.25) is 4.57 Å². The van der Waals surface area contributed by atoms with Crippen LogP contribution in [0.2, 0.25) is 0 Å². The molecule has 1 aliphatic rings. The standard InChI is InChI=1S/C9H16NO3P/c1-7-3-5-9(10,6-4-7)8(2)14(11,12)13/h3-5,8H,6,10H2,1-2H3,(H2,11,12,13). The van der Waals surface area contributed by atoms with Crippen molar-refractivity contribution >= 4 is 7.60 Å². The van der Waals surface area contributed by atoms with Crippen LogP contribution in [0.25, 0.3) is 0 Å². The van der Waals surface area contributed by atoms with Crippen LogP contribution < -0.4 is 5.73 Å². The summed E-state index contributed by atoms with van der Waals surface area (Å²) in [5.74, 6) is 0. The molecule has 1 aliphatic carbocycles. The molecule has 4 nitrogen and oxygen atoms in total. The van der Waals surface area contributed by atoms with Crippen molar-refractivity contribution in [3.63, 3.8) is 0 Å². The van der Waals surface area contributed by atoms with Crippen molar-refractivity contribution in [3.8, 4) is 0 Å². The summed E-state index contributed by atoms with van der Waals surface area (Å²) >= 11 is 0. The van der Waals surface area contributed by atoms with Gasteiger partial charge < -0.3 is 15.5 Å². The van der Waals surface area contributed by atoms with Crippen molar-refractivity contribution in [2.24, 2.45) is 5.73 Å². The smallest absolute Gasteiger partial charge is 0.324 e. The van der Waals surface area contributed by atoms with E-state index in [1.165, 1.54) is 6.92 Å². The lowest BCUT2D eigenvalue weighted by Gasteiger charge is -2.33. The molecule has 0 fully saturated rings. The highest BCUT2D eigenvalue weighted by Crippen LogP contribution is 2.47. The molecular weight excluding hydrogens is 201 g/mol. The lowest BCUT2D eigenvalue weighted by molar-refractivity contribution is 0.337. The Morgan fingerprint density at radius 2 is 2.21 bits per heavy atom. The van der Waals surface area contributed by atoms with Crippen LogP contribution in [0, 0.1) is 0 Å². The number of hydrogen-bond donors (Lipinski definition) is 3. The molecule has 0 spiro atoms.